The van der Waals surface area contributed by atoms with E-state index in [0.717, 1.165) is 5.56 Å². The lowest BCUT2D eigenvalue weighted by Crippen LogP contribution is -2.30. The third-order valence-corrected chi connectivity index (χ3v) is 5.88. The van der Waals surface area contributed by atoms with E-state index in [0.29, 0.717) is 40.0 Å². The van der Waals surface area contributed by atoms with E-state index < -0.39 is 0 Å². The molecule has 0 spiro atoms. The van der Waals surface area contributed by atoms with Gasteiger partial charge in [0.2, 0.25) is 0 Å². The summed E-state index contributed by atoms with van der Waals surface area (Å²) < 4.78 is 19.7. The molecule has 1 aliphatic rings. The zero-order valence-electron chi connectivity index (χ0n) is 18.6. The van der Waals surface area contributed by atoms with Crippen molar-refractivity contribution in [1.29, 1.82) is 0 Å². The van der Waals surface area contributed by atoms with Crippen molar-refractivity contribution in [2.24, 2.45) is 5.10 Å². The second-order valence-electron chi connectivity index (χ2n) is 8.05. The van der Waals surface area contributed by atoms with Crippen LogP contribution in [0, 0.1) is 5.82 Å². The van der Waals surface area contributed by atoms with Gasteiger partial charge in [-0.15, -0.1) is 0 Å². The number of rotatable bonds is 5. The number of carbonyl (C=O) groups excluding carboxylic acids is 1. The van der Waals surface area contributed by atoms with Gasteiger partial charge >= 0.3 is 6.03 Å². The van der Waals surface area contributed by atoms with Crippen LogP contribution >= 0.6 is 11.6 Å². The van der Waals surface area contributed by atoms with Crippen molar-refractivity contribution < 1.29 is 13.9 Å². The molecule has 5 rings (SSSR count). The fraction of sp³-hybridized carbons (Fsp3) is 0.0714. The highest BCUT2D eigenvalue weighted by molar-refractivity contribution is 6.30. The Bertz CT molecular complexity index is 1360. The fourth-order valence-electron chi connectivity index (χ4n) is 3.92. The lowest BCUT2D eigenvalue weighted by molar-refractivity contribution is 0.218. The molecule has 1 N–H and O–H groups in total. The molecule has 35 heavy (non-hydrogen) atoms. The maximum Gasteiger partial charge on any atom is 0.342 e. The number of anilines is 1. The average Bonchev–Trinajstić information content (AvgIpc) is 3.33. The second kappa shape index (κ2) is 9.99. The van der Waals surface area contributed by atoms with E-state index in [1.54, 1.807) is 60.7 Å². The Morgan fingerprint density at radius 1 is 0.914 bits per heavy atom. The first-order valence-corrected chi connectivity index (χ1v) is 11.4. The molecule has 7 heteroatoms. The van der Waals surface area contributed by atoms with Gasteiger partial charge in [-0.25, -0.2) is 14.2 Å². The zero-order valence-corrected chi connectivity index (χ0v) is 19.3. The van der Waals surface area contributed by atoms with Crippen molar-refractivity contribution in [1.82, 2.24) is 5.01 Å². The quantitative estimate of drug-likeness (QED) is 0.322. The predicted octanol–water partition coefficient (Wildman–Crippen LogP) is 7.31. The van der Waals surface area contributed by atoms with Crippen LogP contribution in [0.3, 0.4) is 0 Å². The van der Waals surface area contributed by atoms with Gasteiger partial charge in [-0.1, -0.05) is 54.1 Å². The largest absolute Gasteiger partial charge is 0.457 e. The summed E-state index contributed by atoms with van der Waals surface area (Å²) in [5.41, 5.74) is 2.91. The summed E-state index contributed by atoms with van der Waals surface area (Å²) in [5, 5.41) is 9.46. The van der Waals surface area contributed by atoms with Gasteiger partial charge in [0.25, 0.3) is 0 Å². The molecule has 0 saturated carbocycles. The third-order valence-electron chi connectivity index (χ3n) is 5.63. The highest BCUT2D eigenvalue weighted by atomic mass is 35.5. The second-order valence-corrected chi connectivity index (χ2v) is 8.49. The normalized spacial score (nSPS) is 15.0. The summed E-state index contributed by atoms with van der Waals surface area (Å²) >= 11 is 5.91. The summed E-state index contributed by atoms with van der Waals surface area (Å²) in [4.78, 5) is 13.0. The number of ether oxygens (including phenoxy) is 1. The molecule has 4 aromatic rings. The van der Waals surface area contributed by atoms with E-state index >= 15 is 0 Å². The van der Waals surface area contributed by atoms with E-state index in [4.69, 9.17) is 16.3 Å². The first kappa shape index (κ1) is 22.6. The van der Waals surface area contributed by atoms with Gasteiger partial charge in [0.05, 0.1) is 12.3 Å². The van der Waals surface area contributed by atoms with E-state index in [1.165, 1.54) is 17.1 Å². The van der Waals surface area contributed by atoms with Gasteiger partial charge in [0.1, 0.15) is 17.3 Å². The number of carbonyl (C=O) groups is 1. The maximum atomic E-state index is 13.9. The van der Waals surface area contributed by atoms with Gasteiger partial charge in [-0.3, -0.25) is 0 Å². The van der Waals surface area contributed by atoms with Crippen molar-refractivity contribution in [2.75, 3.05) is 11.9 Å². The molecule has 1 heterocycles. The highest BCUT2D eigenvalue weighted by Gasteiger charge is 2.32. The van der Waals surface area contributed by atoms with Crippen LogP contribution in [-0.4, -0.2) is 23.3 Å². The number of nitrogens with one attached hydrogen (secondary N) is 1. The molecule has 0 aliphatic carbocycles. The van der Waals surface area contributed by atoms with Gasteiger partial charge in [0, 0.05) is 22.2 Å². The zero-order chi connectivity index (χ0) is 24.2. The molecule has 5 nitrogen and oxygen atoms in total. The topological polar surface area (TPSA) is 53.9 Å². The minimum Gasteiger partial charge on any atom is -0.457 e. The fourth-order valence-corrected chi connectivity index (χ4v) is 4.04. The molecule has 2 amide bonds. The molecule has 1 aliphatic heterocycles. The van der Waals surface area contributed by atoms with Crippen LogP contribution in [0.5, 0.6) is 11.5 Å². The van der Waals surface area contributed by atoms with Crippen molar-refractivity contribution in [3.63, 3.8) is 0 Å². The number of hydrogen-bond donors (Lipinski definition) is 1. The first-order valence-electron chi connectivity index (χ1n) is 11.1. The van der Waals surface area contributed by atoms with Gasteiger partial charge < -0.3 is 10.1 Å². The van der Waals surface area contributed by atoms with Gasteiger partial charge in [0.15, 0.2) is 0 Å². The minimum atomic E-state index is -0.372. The molecule has 0 saturated heterocycles. The summed E-state index contributed by atoms with van der Waals surface area (Å²) in [5.74, 6) is 0.774. The summed E-state index contributed by atoms with van der Waals surface area (Å²) in [6.45, 7) is 0.347. The molecule has 0 radical (unpaired) electrons. The summed E-state index contributed by atoms with van der Waals surface area (Å²) in [6.07, 6.45) is 0. The minimum absolute atomic E-state index is 0.168. The third kappa shape index (κ3) is 5.34. The SMILES string of the molecule is O=C(Nc1ccc(Oc2ccc(Cl)cc2)cc1)N1CC(c2ccccc2)C(c2cccc(F)c2)=N1. The molecular formula is C28H21ClFN3O2. The lowest BCUT2D eigenvalue weighted by Gasteiger charge is -2.16. The molecule has 0 aromatic heterocycles. The van der Waals surface area contributed by atoms with Crippen molar-refractivity contribution in [3.8, 4) is 11.5 Å². The molecule has 0 fully saturated rings. The molecule has 174 valence electrons. The number of benzene rings is 4. The number of hydrogen-bond acceptors (Lipinski definition) is 3. The molecular weight excluding hydrogens is 465 g/mol. The van der Waals surface area contributed by atoms with Crippen molar-refractivity contribution in [2.45, 2.75) is 5.92 Å². The predicted molar refractivity (Wildman–Crippen MR) is 136 cm³/mol. The first-order chi connectivity index (χ1) is 17.0. The van der Waals surface area contributed by atoms with Crippen LogP contribution in [0.15, 0.2) is 108 Å². The van der Waals surface area contributed by atoms with Gasteiger partial charge in [-0.05, 0) is 66.2 Å². The average molecular weight is 486 g/mol. The number of urea groups is 1. The Morgan fingerprint density at radius 2 is 1.60 bits per heavy atom. The molecule has 4 aromatic carbocycles. The van der Waals surface area contributed by atoms with Gasteiger partial charge in [-0.2, -0.15) is 5.10 Å². The van der Waals surface area contributed by atoms with Crippen LogP contribution < -0.4 is 10.1 Å². The van der Waals surface area contributed by atoms with E-state index in [-0.39, 0.29) is 17.8 Å². The summed E-state index contributed by atoms with van der Waals surface area (Å²) in [6, 6.07) is 29.8. The Kier molecular flexibility index (Phi) is 6.46. The highest BCUT2D eigenvalue weighted by Crippen LogP contribution is 2.30. The van der Waals surface area contributed by atoms with Crippen molar-refractivity contribution in [3.05, 3.63) is 125 Å². The Balaban J connectivity index is 1.32. The van der Waals surface area contributed by atoms with Crippen molar-refractivity contribution >= 4 is 29.0 Å². The van der Waals surface area contributed by atoms with Crippen LogP contribution in [0.2, 0.25) is 5.02 Å². The molecule has 0 bridgehead atoms. The smallest absolute Gasteiger partial charge is 0.342 e. The van der Waals surface area contributed by atoms with Crippen LogP contribution in [0.25, 0.3) is 0 Å². The van der Waals surface area contributed by atoms with E-state index in [9.17, 15) is 9.18 Å². The number of halogens is 2. The monoisotopic (exact) mass is 485 g/mol. The number of amides is 2. The van der Waals surface area contributed by atoms with Crippen LogP contribution in [-0.2, 0) is 0 Å². The van der Waals surface area contributed by atoms with E-state index in [2.05, 4.69) is 10.4 Å². The lowest BCUT2D eigenvalue weighted by atomic mass is 9.90. The number of hydrazone groups is 1. The van der Waals surface area contributed by atoms with Crippen LogP contribution in [0.4, 0.5) is 14.9 Å². The Morgan fingerprint density at radius 3 is 2.29 bits per heavy atom. The maximum absolute atomic E-state index is 13.9. The molecule has 1 unspecified atom stereocenters. The van der Waals surface area contributed by atoms with E-state index in [1.807, 2.05) is 30.3 Å². The summed E-state index contributed by atoms with van der Waals surface area (Å²) in [7, 11) is 0. The number of nitrogens with zero attached hydrogens (tertiary/aromatic N) is 2. The Labute approximate surface area is 207 Å². The standard InChI is InChI=1S/C28H21ClFN3O2/c29-21-9-13-24(14-10-21)35-25-15-11-23(12-16-25)31-28(34)33-18-26(19-5-2-1-3-6-19)27(32-33)20-7-4-8-22(30)17-20/h1-17,26H,18H2,(H,31,34). The Hall–Kier alpha value is -4.16. The molecule has 1 atom stereocenters. The van der Waals surface area contributed by atoms with Crippen LogP contribution in [0.1, 0.15) is 17.0 Å².